The van der Waals surface area contributed by atoms with Crippen LogP contribution in [0.4, 0.5) is 5.69 Å². The lowest BCUT2D eigenvalue weighted by molar-refractivity contribution is 0.0840. The quantitative estimate of drug-likeness (QED) is 0.258. The van der Waals surface area contributed by atoms with Crippen molar-refractivity contribution in [2.45, 2.75) is 51.2 Å². The average Bonchev–Trinajstić information content (AvgIpc) is 3.34. The predicted molar refractivity (Wildman–Crippen MR) is 144 cm³/mol. The summed E-state index contributed by atoms with van der Waals surface area (Å²) in [4.78, 5) is 0. The summed E-state index contributed by atoms with van der Waals surface area (Å²) in [5.41, 5.74) is 3.89. The molecule has 0 amide bonds. The lowest BCUT2D eigenvalue weighted by Crippen LogP contribution is -2.60. The number of nitrogens with zero attached hydrogens (tertiary/aromatic N) is 1. The summed E-state index contributed by atoms with van der Waals surface area (Å²) < 4.78 is 11.6. The van der Waals surface area contributed by atoms with Crippen LogP contribution in [0.2, 0.25) is 10.0 Å². The normalized spacial score (nSPS) is 22.8. The molecular formula is C29H31Cl2NO3. The molecule has 6 heteroatoms. The molecule has 0 radical (unpaired) electrons. The second-order valence-corrected chi connectivity index (χ2v) is 11.2. The van der Waals surface area contributed by atoms with E-state index in [1.165, 1.54) is 0 Å². The lowest BCUT2D eigenvalue weighted by Gasteiger charge is -2.54. The summed E-state index contributed by atoms with van der Waals surface area (Å²) in [6.07, 6.45) is 2.49. The van der Waals surface area contributed by atoms with E-state index in [4.69, 9.17) is 32.7 Å². The third-order valence-electron chi connectivity index (χ3n) is 7.60. The van der Waals surface area contributed by atoms with Crippen LogP contribution in [-0.4, -0.2) is 25.4 Å². The topological polar surface area (TPSA) is 41.5 Å². The number of halogens is 2. The summed E-state index contributed by atoms with van der Waals surface area (Å²) in [5, 5.41) is 16.0. The Kier molecular flexibility index (Phi) is 6.40. The van der Waals surface area contributed by atoms with Crippen molar-refractivity contribution in [1.82, 2.24) is 4.65 Å². The molecule has 3 aromatic carbocycles. The molecule has 0 aromatic heterocycles. The van der Waals surface area contributed by atoms with Crippen molar-refractivity contribution in [3.05, 3.63) is 87.0 Å². The number of benzene rings is 3. The Bertz CT molecular complexity index is 1210. The van der Waals surface area contributed by atoms with Gasteiger partial charge in [0.2, 0.25) is 0 Å². The minimum Gasteiger partial charge on any atom is -0.627 e. The van der Waals surface area contributed by atoms with Crippen molar-refractivity contribution in [3.8, 4) is 16.9 Å². The molecule has 2 unspecified atom stereocenters. The molecule has 3 aromatic rings. The Morgan fingerprint density at radius 3 is 2.26 bits per heavy atom. The fourth-order valence-electron chi connectivity index (χ4n) is 5.57. The summed E-state index contributed by atoms with van der Waals surface area (Å²) >= 11 is 12.4. The largest absolute Gasteiger partial charge is 0.627 e. The van der Waals surface area contributed by atoms with Gasteiger partial charge in [0, 0.05) is 39.7 Å². The number of likely N-dealkylation sites (N-methyl/N-ethyl adjacent to an activating group) is 1. The van der Waals surface area contributed by atoms with Gasteiger partial charge in [0.05, 0.1) is 13.2 Å². The molecule has 0 N–H and O–H groups in total. The third-order valence-corrected chi connectivity index (χ3v) is 8.04. The van der Waals surface area contributed by atoms with Crippen LogP contribution in [0.25, 0.3) is 11.1 Å². The number of fused-ring (bicyclic) bond motifs is 1. The minimum atomic E-state index is -0.720. The zero-order chi connectivity index (χ0) is 24.8. The summed E-state index contributed by atoms with van der Waals surface area (Å²) in [6.45, 7) is 7.53. The van der Waals surface area contributed by atoms with Crippen LogP contribution in [0.15, 0.2) is 60.7 Å². The van der Waals surface area contributed by atoms with Gasteiger partial charge in [0.1, 0.15) is 23.6 Å². The minimum absolute atomic E-state index is 0.182. The molecule has 5 rings (SSSR count). The van der Waals surface area contributed by atoms with E-state index in [0.29, 0.717) is 36.2 Å². The van der Waals surface area contributed by atoms with E-state index in [0.717, 1.165) is 46.5 Å². The number of hydroxylamine groups is 2. The van der Waals surface area contributed by atoms with E-state index in [2.05, 4.69) is 32.0 Å². The first-order valence-electron chi connectivity index (χ1n) is 12.2. The van der Waals surface area contributed by atoms with Gasteiger partial charge in [-0.25, -0.2) is 0 Å². The first-order chi connectivity index (χ1) is 16.7. The van der Waals surface area contributed by atoms with Gasteiger partial charge in [0.25, 0.3) is 0 Å². The Hall–Kier alpha value is -2.08. The Labute approximate surface area is 217 Å². The van der Waals surface area contributed by atoms with E-state index in [1.807, 2.05) is 43.3 Å². The number of aryl methyl sites for hydroxylation is 1. The predicted octanol–water partition coefficient (Wildman–Crippen LogP) is 7.90. The van der Waals surface area contributed by atoms with Gasteiger partial charge in [-0.05, 0) is 69.0 Å². The van der Waals surface area contributed by atoms with Crippen molar-refractivity contribution < 1.29 is 9.47 Å². The van der Waals surface area contributed by atoms with E-state index >= 15 is 0 Å². The van der Waals surface area contributed by atoms with Gasteiger partial charge in [-0.2, -0.15) is 0 Å². The molecule has 2 aliphatic heterocycles. The molecule has 184 valence electrons. The SMILES string of the molecule is CC[N+]([O-])(c1ccc2c(c1)CCC(C)(C)O2)C1(c2ccc(-c3cc(Cl)cc(Cl)c3)cc2)CCOC1. The molecule has 0 saturated carbocycles. The molecule has 0 spiro atoms. The fraction of sp³-hybridized carbons (Fsp3) is 0.379. The lowest BCUT2D eigenvalue weighted by atomic mass is 9.84. The highest BCUT2D eigenvalue weighted by Crippen LogP contribution is 2.47. The Morgan fingerprint density at radius 1 is 0.914 bits per heavy atom. The third kappa shape index (κ3) is 4.36. The number of hydrogen-bond acceptors (Lipinski definition) is 3. The van der Waals surface area contributed by atoms with E-state index in [1.54, 1.807) is 6.07 Å². The molecule has 2 heterocycles. The Morgan fingerprint density at radius 2 is 1.63 bits per heavy atom. The van der Waals surface area contributed by atoms with Gasteiger partial charge >= 0.3 is 0 Å². The zero-order valence-corrected chi connectivity index (χ0v) is 22.0. The van der Waals surface area contributed by atoms with E-state index in [9.17, 15) is 5.21 Å². The van der Waals surface area contributed by atoms with Gasteiger partial charge in [0.15, 0.2) is 5.54 Å². The highest BCUT2D eigenvalue weighted by molar-refractivity contribution is 6.35. The molecule has 2 aliphatic rings. The van der Waals surface area contributed by atoms with Crippen LogP contribution in [-0.2, 0) is 16.7 Å². The molecule has 0 bridgehead atoms. The molecular weight excluding hydrogens is 481 g/mol. The maximum atomic E-state index is 14.8. The standard InChI is InChI=1S/C29H31Cl2NO3/c1-4-32(33,26-9-10-27-21(17-26)11-12-28(2,3)35-27)29(13-14-34-19-29)23-7-5-20(6-8-23)22-15-24(30)18-25(31)16-22/h5-10,15-18H,4,11-14,19H2,1-3H3. The van der Waals surface area contributed by atoms with E-state index in [-0.39, 0.29) is 5.60 Å². The highest BCUT2D eigenvalue weighted by Gasteiger charge is 2.51. The second kappa shape index (κ2) is 9.10. The first-order valence-corrected chi connectivity index (χ1v) is 13.0. The summed E-state index contributed by atoms with van der Waals surface area (Å²) in [5.74, 6) is 0.883. The van der Waals surface area contributed by atoms with Crippen molar-refractivity contribution in [2.75, 3.05) is 19.8 Å². The summed E-state index contributed by atoms with van der Waals surface area (Å²) in [7, 11) is 0. The van der Waals surface area contributed by atoms with Crippen LogP contribution in [0, 0.1) is 5.21 Å². The number of hydrogen-bond donors (Lipinski definition) is 0. The molecule has 35 heavy (non-hydrogen) atoms. The highest BCUT2D eigenvalue weighted by atomic mass is 35.5. The number of quaternary nitrogens is 1. The number of ether oxygens (including phenoxy) is 2. The molecule has 2 atom stereocenters. The van der Waals surface area contributed by atoms with Crippen LogP contribution >= 0.6 is 23.2 Å². The van der Waals surface area contributed by atoms with Gasteiger partial charge in [-0.15, -0.1) is 0 Å². The van der Waals surface area contributed by atoms with Crippen LogP contribution < -0.4 is 9.38 Å². The van der Waals surface area contributed by atoms with Gasteiger partial charge in [-0.1, -0.05) is 47.5 Å². The van der Waals surface area contributed by atoms with Crippen LogP contribution in [0.1, 0.15) is 44.7 Å². The van der Waals surface area contributed by atoms with Crippen molar-refractivity contribution in [1.29, 1.82) is 0 Å². The molecule has 0 aliphatic carbocycles. The number of rotatable bonds is 5. The van der Waals surface area contributed by atoms with Crippen LogP contribution in [0.3, 0.4) is 0 Å². The smallest absolute Gasteiger partial charge is 0.155 e. The first kappa shape index (κ1) is 24.6. The molecule has 4 nitrogen and oxygen atoms in total. The monoisotopic (exact) mass is 511 g/mol. The van der Waals surface area contributed by atoms with Crippen molar-refractivity contribution >= 4 is 28.9 Å². The zero-order valence-electron chi connectivity index (χ0n) is 20.4. The average molecular weight is 512 g/mol. The maximum absolute atomic E-state index is 14.8. The van der Waals surface area contributed by atoms with E-state index < -0.39 is 10.2 Å². The van der Waals surface area contributed by atoms with Gasteiger partial charge < -0.3 is 19.3 Å². The van der Waals surface area contributed by atoms with Crippen molar-refractivity contribution in [3.63, 3.8) is 0 Å². The second-order valence-electron chi connectivity index (χ2n) is 10.3. The molecule has 1 saturated heterocycles. The maximum Gasteiger partial charge on any atom is 0.155 e. The molecule has 1 fully saturated rings. The summed E-state index contributed by atoms with van der Waals surface area (Å²) in [6, 6.07) is 19.7. The van der Waals surface area contributed by atoms with Crippen LogP contribution in [0.5, 0.6) is 5.75 Å². The van der Waals surface area contributed by atoms with Crippen molar-refractivity contribution in [2.24, 2.45) is 0 Å². The fourth-order valence-corrected chi connectivity index (χ4v) is 6.10. The Balaban J connectivity index is 1.54. The van der Waals surface area contributed by atoms with Gasteiger partial charge in [-0.3, -0.25) is 0 Å².